The van der Waals surface area contributed by atoms with Crippen molar-refractivity contribution in [1.82, 2.24) is 10.2 Å². The molecule has 0 aromatic heterocycles. The first-order chi connectivity index (χ1) is 14.4. The van der Waals surface area contributed by atoms with Crippen molar-refractivity contribution in [2.45, 2.75) is 116 Å². The number of aliphatic carboxylic acids is 1. The number of amides is 1. The Morgan fingerprint density at radius 3 is 2.29 bits per heavy atom. The van der Waals surface area contributed by atoms with E-state index in [2.05, 4.69) is 5.32 Å². The number of hydrogen-bond acceptors (Lipinski definition) is 6. The number of fused-ring (bicyclic) bond motifs is 1. The largest absolute Gasteiger partial charge is 0.480 e. The first kappa shape index (κ1) is 27.4. The van der Waals surface area contributed by atoms with Gasteiger partial charge in [-0.15, -0.1) is 0 Å². The van der Waals surface area contributed by atoms with Crippen molar-refractivity contribution in [1.29, 1.82) is 0 Å². The topological polar surface area (TPSA) is 122 Å². The minimum Gasteiger partial charge on any atom is -0.480 e. The molecule has 4 N–H and O–H groups in total. The van der Waals surface area contributed by atoms with E-state index in [1.165, 1.54) is 0 Å². The fourth-order valence-electron chi connectivity index (χ4n) is 4.39. The number of carboxylic acids is 1. The molecule has 0 aromatic rings. The Morgan fingerprint density at radius 2 is 1.77 bits per heavy atom. The number of nitrogens with two attached hydrogens (primary N) is 1. The van der Waals surface area contributed by atoms with Crippen LogP contribution in [0.4, 0.5) is 0 Å². The summed E-state index contributed by atoms with van der Waals surface area (Å²) in [6, 6.07) is -1.92. The molecule has 8 heteroatoms. The first-order valence-electron chi connectivity index (χ1n) is 11.7. The third-order valence-corrected chi connectivity index (χ3v) is 5.60. The van der Waals surface area contributed by atoms with Crippen LogP contribution in [0, 0.1) is 5.92 Å². The van der Waals surface area contributed by atoms with Gasteiger partial charge in [0.05, 0.1) is 12.6 Å². The molecule has 0 unspecified atom stereocenters. The molecule has 0 aromatic carbocycles. The summed E-state index contributed by atoms with van der Waals surface area (Å²) >= 11 is 0. The van der Waals surface area contributed by atoms with Gasteiger partial charge < -0.3 is 20.5 Å². The van der Waals surface area contributed by atoms with E-state index in [1.54, 1.807) is 18.7 Å². The Morgan fingerprint density at radius 1 is 1.19 bits per heavy atom. The molecule has 2 rings (SSSR count). The van der Waals surface area contributed by atoms with E-state index < -0.39 is 24.1 Å². The summed E-state index contributed by atoms with van der Waals surface area (Å²) in [6.45, 7) is 11.6. The van der Waals surface area contributed by atoms with Crippen molar-refractivity contribution < 1.29 is 24.2 Å². The highest BCUT2D eigenvalue weighted by Gasteiger charge is 2.48. The van der Waals surface area contributed by atoms with E-state index in [-0.39, 0.29) is 29.4 Å². The smallest absolute Gasteiger partial charge is 0.326 e. The normalized spacial score (nSPS) is 25.0. The summed E-state index contributed by atoms with van der Waals surface area (Å²) in [5.41, 5.74) is 5.35. The predicted octanol–water partition coefficient (Wildman–Crippen LogP) is 2.68. The van der Waals surface area contributed by atoms with Gasteiger partial charge in [-0.2, -0.15) is 0 Å². The maximum Gasteiger partial charge on any atom is 0.326 e. The number of ether oxygens (including phenoxy) is 1. The average Bonchev–Trinajstić information content (AvgIpc) is 3.05. The number of hydrogen-bond donors (Lipinski definition) is 3. The molecule has 180 valence electrons. The summed E-state index contributed by atoms with van der Waals surface area (Å²) in [7, 11) is 0. The van der Waals surface area contributed by atoms with Crippen LogP contribution in [-0.2, 0) is 19.1 Å². The van der Waals surface area contributed by atoms with Gasteiger partial charge in [-0.05, 0) is 66.2 Å². The van der Waals surface area contributed by atoms with Gasteiger partial charge in [-0.25, -0.2) is 4.79 Å². The molecule has 0 radical (unpaired) electrons. The lowest BCUT2D eigenvalue weighted by Gasteiger charge is -2.35. The van der Waals surface area contributed by atoms with Crippen molar-refractivity contribution in [2.24, 2.45) is 11.7 Å². The quantitative estimate of drug-likeness (QED) is 0.495. The molecular formula is C23H43N3O5. The van der Waals surface area contributed by atoms with E-state index in [0.717, 1.165) is 32.1 Å². The summed E-state index contributed by atoms with van der Waals surface area (Å²) in [5.74, 6) is -1.24. The molecule has 1 amide bonds. The molecule has 31 heavy (non-hydrogen) atoms. The van der Waals surface area contributed by atoms with Crippen LogP contribution < -0.4 is 11.1 Å². The Labute approximate surface area is 187 Å². The zero-order chi connectivity index (χ0) is 23.8. The third kappa shape index (κ3) is 8.77. The Bertz CT molecular complexity index is 599. The van der Waals surface area contributed by atoms with Gasteiger partial charge in [0.15, 0.2) is 0 Å². The maximum atomic E-state index is 13.1. The van der Waals surface area contributed by atoms with Gasteiger partial charge in [0.25, 0.3) is 0 Å². The Balaban J connectivity index is 0.000000861. The molecule has 1 aliphatic carbocycles. The number of nitrogens with one attached hydrogen (secondary N) is 1. The number of carboxylic acid groups (broad SMARTS) is 1. The number of carbonyl (C=O) groups is 3. The molecule has 0 spiro atoms. The van der Waals surface area contributed by atoms with Gasteiger partial charge in [0.2, 0.25) is 5.91 Å². The summed E-state index contributed by atoms with van der Waals surface area (Å²) in [6.07, 6.45) is 5.87. The highest BCUT2D eigenvalue weighted by Crippen LogP contribution is 2.40. The molecule has 0 bridgehead atoms. The van der Waals surface area contributed by atoms with E-state index in [4.69, 9.17) is 10.5 Å². The van der Waals surface area contributed by atoms with Gasteiger partial charge in [0.1, 0.15) is 12.1 Å². The summed E-state index contributed by atoms with van der Waals surface area (Å²) in [4.78, 5) is 38.5. The van der Waals surface area contributed by atoms with Crippen LogP contribution in [0.25, 0.3) is 0 Å². The lowest BCUT2D eigenvalue weighted by Crippen LogP contribution is -2.55. The monoisotopic (exact) mass is 441 g/mol. The molecular weight excluding hydrogens is 398 g/mol. The minimum atomic E-state index is -0.935. The van der Waals surface area contributed by atoms with Crippen LogP contribution in [0.15, 0.2) is 0 Å². The number of carbonyl (C=O) groups excluding carboxylic acids is 2. The highest BCUT2D eigenvalue weighted by atomic mass is 16.5. The molecule has 8 nitrogen and oxygen atoms in total. The zero-order valence-corrected chi connectivity index (χ0v) is 20.1. The fraction of sp³-hybridized carbons (Fsp3) is 0.870. The van der Waals surface area contributed by atoms with Crippen molar-refractivity contribution in [3.8, 4) is 0 Å². The zero-order valence-electron chi connectivity index (χ0n) is 20.1. The van der Waals surface area contributed by atoms with E-state index in [1.807, 2.05) is 27.7 Å². The molecule has 1 aliphatic heterocycles. The van der Waals surface area contributed by atoms with Gasteiger partial charge in [-0.1, -0.05) is 26.2 Å². The number of rotatable bonds is 8. The van der Waals surface area contributed by atoms with Crippen molar-refractivity contribution in [3.63, 3.8) is 0 Å². The number of likely N-dealkylation sites (tertiary alicyclic amines) is 1. The maximum absolute atomic E-state index is 13.1. The molecule has 1 saturated heterocycles. The van der Waals surface area contributed by atoms with Crippen LogP contribution in [0.1, 0.15) is 86.5 Å². The summed E-state index contributed by atoms with van der Waals surface area (Å²) in [5, 5.41) is 12.7. The lowest BCUT2D eigenvalue weighted by molar-refractivity contribution is -0.152. The highest BCUT2D eigenvalue weighted by molar-refractivity contribution is 5.88. The Hall–Kier alpha value is -1.67. The standard InChI is InChI=1S/C19H32N2O5.C4H11N/c1-4-8-14(19(25)26-5-2)20-12(3)17(22)21-15-10-7-6-9-13(15)11-16(21)18(23)24;1-4(2,3)5/h12-16,20H,4-11H2,1-3H3,(H,23,24);5H2,1-3H3/t12-,13-,14-,15-,16-;/m1./s1. The summed E-state index contributed by atoms with van der Waals surface area (Å²) < 4.78 is 5.09. The number of esters is 1. The number of nitrogens with zero attached hydrogens (tertiary/aromatic N) is 1. The van der Waals surface area contributed by atoms with Gasteiger partial charge in [-0.3, -0.25) is 14.9 Å². The molecule has 5 atom stereocenters. The average molecular weight is 442 g/mol. The van der Waals surface area contributed by atoms with Crippen molar-refractivity contribution in [2.75, 3.05) is 6.61 Å². The molecule has 1 saturated carbocycles. The van der Waals surface area contributed by atoms with Crippen LogP contribution in [0.5, 0.6) is 0 Å². The van der Waals surface area contributed by atoms with Crippen LogP contribution in [0.2, 0.25) is 0 Å². The second-order valence-corrected chi connectivity index (χ2v) is 9.79. The second kappa shape index (κ2) is 12.4. The van der Waals surface area contributed by atoms with Gasteiger partial charge >= 0.3 is 11.9 Å². The van der Waals surface area contributed by atoms with E-state index in [0.29, 0.717) is 19.4 Å². The molecule has 2 fully saturated rings. The molecule has 1 heterocycles. The van der Waals surface area contributed by atoms with Crippen LogP contribution >= 0.6 is 0 Å². The van der Waals surface area contributed by atoms with Crippen molar-refractivity contribution >= 4 is 17.8 Å². The minimum absolute atomic E-state index is 0. The molecule has 2 aliphatic rings. The van der Waals surface area contributed by atoms with Gasteiger partial charge in [0, 0.05) is 11.6 Å². The van der Waals surface area contributed by atoms with Crippen LogP contribution in [0.3, 0.4) is 0 Å². The van der Waals surface area contributed by atoms with E-state index >= 15 is 0 Å². The van der Waals surface area contributed by atoms with Crippen LogP contribution in [-0.4, -0.2) is 64.2 Å². The lowest BCUT2D eigenvalue weighted by atomic mass is 9.84. The Kier molecular flexibility index (Phi) is 10.9. The SMILES string of the molecule is CC(C)(C)N.CCC[C@@H](N[C@H](C)C(=O)N1[C@@H](C(=O)O)C[C@H]2CCCC[C@H]21)C(=O)OCC. The second-order valence-electron chi connectivity index (χ2n) is 9.79. The third-order valence-electron chi connectivity index (χ3n) is 5.60. The first-order valence-corrected chi connectivity index (χ1v) is 11.7. The predicted molar refractivity (Wildman–Crippen MR) is 120 cm³/mol. The van der Waals surface area contributed by atoms with E-state index in [9.17, 15) is 19.5 Å². The van der Waals surface area contributed by atoms with Crippen molar-refractivity contribution in [3.05, 3.63) is 0 Å². The fourth-order valence-corrected chi connectivity index (χ4v) is 4.39.